The summed E-state index contributed by atoms with van der Waals surface area (Å²) in [6, 6.07) is 13.8. The number of benzene rings is 2. The normalized spacial score (nSPS) is 15.3. The Kier molecular flexibility index (Phi) is 5.80. The molecule has 0 amide bonds. The maximum atomic E-state index is 13.6. The van der Waals surface area contributed by atoms with Crippen LogP contribution in [0.4, 0.5) is 0 Å². The Balaban J connectivity index is 1.99. The highest BCUT2D eigenvalue weighted by Crippen LogP contribution is 2.38. The molecule has 1 heterocycles. The summed E-state index contributed by atoms with van der Waals surface area (Å²) < 4.78 is 26.2. The summed E-state index contributed by atoms with van der Waals surface area (Å²) >= 11 is 6.12. The molecule has 156 valence electrons. The van der Waals surface area contributed by atoms with Crippen LogP contribution in [-0.2, 0) is 9.84 Å². The maximum absolute atomic E-state index is 13.6. The first-order chi connectivity index (χ1) is 14.4. The van der Waals surface area contributed by atoms with Gasteiger partial charge in [-0.2, -0.15) is 9.78 Å². The minimum atomic E-state index is -3.46. The van der Waals surface area contributed by atoms with Gasteiger partial charge >= 0.3 is 0 Å². The fourth-order valence-corrected chi connectivity index (χ4v) is 5.36. The van der Waals surface area contributed by atoms with Crippen LogP contribution in [0.5, 0.6) is 0 Å². The molecule has 0 spiro atoms. The van der Waals surface area contributed by atoms with Gasteiger partial charge in [0.25, 0.3) is 5.56 Å². The maximum Gasteiger partial charge on any atom is 0.275 e. The van der Waals surface area contributed by atoms with Gasteiger partial charge in [-0.25, -0.2) is 8.42 Å². The molecular formula is C23H23ClN2O3S. The summed E-state index contributed by atoms with van der Waals surface area (Å²) in [6.07, 6.45) is 7.88. The number of aromatic nitrogens is 2. The van der Waals surface area contributed by atoms with Crippen LogP contribution in [0, 0.1) is 0 Å². The number of nitrogens with zero attached hydrogens (tertiary/aromatic N) is 2. The number of sulfone groups is 1. The van der Waals surface area contributed by atoms with Gasteiger partial charge in [-0.05, 0) is 43.0 Å². The van der Waals surface area contributed by atoms with E-state index < -0.39 is 9.84 Å². The molecule has 0 saturated heterocycles. The van der Waals surface area contributed by atoms with Gasteiger partial charge in [0, 0.05) is 28.0 Å². The van der Waals surface area contributed by atoms with E-state index in [0.29, 0.717) is 27.4 Å². The molecule has 2 aromatic carbocycles. The second kappa shape index (κ2) is 8.36. The molecule has 0 unspecified atom stereocenters. The summed E-state index contributed by atoms with van der Waals surface area (Å²) in [7, 11) is -3.46. The first-order valence-corrected chi connectivity index (χ1v) is 12.3. The van der Waals surface area contributed by atoms with Crippen LogP contribution in [0.1, 0.15) is 43.6 Å². The molecule has 3 aromatic rings. The number of hydrogen-bond donors (Lipinski definition) is 0. The van der Waals surface area contributed by atoms with Gasteiger partial charge in [0.1, 0.15) is 0 Å². The van der Waals surface area contributed by atoms with Crippen molar-refractivity contribution in [2.24, 2.45) is 0 Å². The number of hydrogen-bond acceptors (Lipinski definition) is 4. The van der Waals surface area contributed by atoms with Crippen molar-refractivity contribution in [3.8, 4) is 16.8 Å². The Morgan fingerprint density at radius 2 is 1.73 bits per heavy atom. The molecule has 0 N–H and O–H groups in total. The van der Waals surface area contributed by atoms with Crippen molar-refractivity contribution in [1.29, 1.82) is 0 Å². The third-order valence-electron chi connectivity index (χ3n) is 5.66. The van der Waals surface area contributed by atoms with Gasteiger partial charge in [-0.1, -0.05) is 55.1 Å². The quantitative estimate of drug-likeness (QED) is 0.569. The Labute approximate surface area is 181 Å². The lowest BCUT2D eigenvalue weighted by atomic mass is 9.82. The average Bonchev–Trinajstić information content (AvgIpc) is 2.73. The van der Waals surface area contributed by atoms with Gasteiger partial charge in [0.15, 0.2) is 9.84 Å². The van der Waals surface area contributed by atoms with Crippen molar-refractivity contribution in [2.45, 2.75) is 42.9 Å². The smallest absolute Gasteiger partial charge is 0.267 e. The first-order valence-electron chi connectivity index (χ1n) is 10.0. The molecule has 0 atom stereocenters. The summed E-state index contributed by atoms with van der Waals surface area (Å²) in [5.41, 5.74) is 2.15. The monoisotopic (exact) mass is 442 g/mol. The van der Waals surface area contributed by atoms with Crippen molar-refractivity contribution in [2.75, 3.05) is 6.26 Å². The Bertz CT molecular complexity index is 1250. The molecule has 30 heavy (non-hydrogen) atoms. The lowest BCUT2D eigenvalue weighted by Gasteiger charge is -2.24. The van der Waals surface area contributed by atoms with Crippen molar-refractivity contribution in [3.05, 3.63) is 75.7 Å². The Morgan fingerprint density at radius 3 is 2.43 bits per heavy atom. The molecule has 1 fully saturated rings. The minimum Gasteiger partial charge on any atom is -0.267 e. The topological polar surface area (TPSA) is 69.0 Å². The Hall–Kier alpha value is -2.44. The molecule has 5 nitrogen and oxygen atoms in total. The molecule has 7 heteroatoms. The van der Waals surface area contributed by atoms with E-state index in [1.807, 2.05) is 0 Å². The fraction of sp³-hybridized carbons (Fsp3) is 0.304. The standard InChI is InChI=1S/C23H23ClN2O3S/c1-30(28,29)21-13-6-5-12-19(21)20-15-25-26(18-11-7-10-17(24)14-18)23(27)22(20)16-8-3-2-4-9-16/h5-7,10-16H,2-4,8-9H2,1H3. The third-order valence-corrected chi connectivity index (χ3v) is 7.05. The molecule has 4 rings (SSSR count). The number of halogens is 1. The minimum absolute atomic E-state index is 0.0716. The highest BCUT2D eigenvalue weighted by molar-refractivity contribution is 7.90. The largest absolute Gasteiger partial charge is 0.275 e. The van der Waals surface area contributed by atoms with E-state index in [4.69, 9.17) is 11.6 Å². The van der Waals surface area contributed by atoms with Gasteiger partial charge in [-0.3, -0.25) is 4.79 Å². The van der Waals surface area contributed by atoms with Gasteiger partial charge in [0.05, 0.1) is 16.8 Å². The van der Waals surface area contributed by atoms with E-state index >= 15 is 0 Å². The molecule has 1 aliphatic rings. The fourth-order valence-electron chi connectivity index (χ4n) is 4.27. The number of rotatable bonds is 4. The van der Waals surface area contributed by atoms with Crippen molar-refractivity contribution in [3.63, 3.8) is 0 Å². The van der Waals surface area contributed by atoms with Crippen LogP contribution in [0.2, 0.25) is 5.02 Å². The zero-order valence-electron chi connectivity index (χ0n) is 16.7. The van der Waals surface area contributed by atoms with Gasteiger partial charge < -0.3 is 0 Å². The first kappa shape index (κ1) is 20.8. The summed E-state index contributed by atoms with van der Waals surface area (Å²) in [5.74, 6) is 0.0716. The highest BCUT2D eigenvalue weighted by atomic mass is 35.5. The van der Waals surface area contributed by atoms with Gasteiger partial charge in [-0.15, -0.1) is 0 Å². The summed E-state index contributed by atoms with van der Waals surface area (Å²) in [5, 5.41) is 4.92. The van der Waals surface area contributed by atoms with Crippen LogP contribution in [-0.4, -0.2) is 24.5 Å². The van der Waals surface area contributed by atoms with E-state index in [1.54, 1.807) is 54.7 Å². The van der Waals surface area contributed by atoms with Crippen molar-refractivity contribution < 1.29 is 8.42 Å². The second-order valence-electron chi connectivity index (χ2n) is 7.77. The van der Waals surface area contributed by atoms with E-state index in [9.17, 15) is 13.2 Å². The van der Waals surface area contributed by atoms with Crippen LogP contribution in [0.15, 0.2) is 64.4 Å². The lowest BCUT2D eigenvalue weighted by Crippen LogP contribution is -2.28. The molecule has 1 aliphatic carbocycles. The van der Waals surface area contributed by atoms with Crippen LogP contribution < -0.4 is 5.56 Å². The summed E-state index contributed by atoms with van der Waals surface area (Å²) in [4.78, 5) is 13.9. The van der Waals surface area contributed by atoms with Gasteiger partial charge in [0.2, 0.25) is 0 Å². The SMILES string of the molecule is CS(=O)(=O)c1ccccc1-c1cnn(-c2cccc(Cl)c2)c(=O)c1C1CCCCC1. The molecule has 1 aromatic heterocycles. The van der Waals surface area contributed by atoms with Crippen LogP contribution >= 0.6 is 11.6 Å². The zero-order valence-corrected chi connectivity index (χ0v) is 18.3. The zero-order chi connectivity index (χ0) is 21.3. The Morgan fingerprint density at radius 1 is 1.00 bits per heavy atom. The van der Waals surface area contributed by atoms with Crippen LogP contribution in [0.25, 0.3) is 16.8 Å². The predicted octanol–water partition coefficient (Wildman–Crippen LogP) is 5.00. The van der Waals surface area contributed by atoms with Crippen molar-refractivity contribution in [1.82, 2.24) is 9.78 Å². The lowest BCUT2D eigenvalue weighted by molar-refractivity contribution is 0.439. The molecule has 1 saturated carbocycles. The third kappa shape index (κ3) is 4.07. The van der Waals surface area contributed by atoms with Crippen molar-refractivity contribution >= 4 is 21.4 Å². The molecule has 0 bridgehead atoms. The predicted molar refractivity (Wildman–Crippen MR) is 119 cm³/mol. The molecule has 0 radical (unpaired) electrons. The highest BCUT2D eigenvalue weighted by Gasteiger charge is 2.26. The van der Waals surface area contributed by atoms with Crippen LogP contribution in [0.3, 0.4) is 0 Å². The molecule has 0 aliphatic heterocycles. The summed E-state index contributed by atoms with van der Waals surface area (Å²) in [6.45, 7) is 0. The van der Waals surface area contributed by atoms with E-state index in [1.165, 1.54) is 10.9 Å². The van der Waals surface area contributed by atoms with E-state index in [2.05, 4.69) is 5.10 Å². The van der Waals surface area contributed by atoms with E-state index in [0.717, 1.165) is 32.1 Å². The van der Waals surface area contributed by atoms with E-state index in [-0.39, 0.29) is 16.4 Å². The average molecular weight is 443 g/mol. The molecular weight excluding hydrogens is 420 g/mol. The second-order valence-corrected chi connectivity index (χ2v) is 10.2.